The lowest BCUT2D eigenvalue weighted by atomic mass is 10.1. The van der Waals surface area contributed by atoms with Crippen molar-refractivity contribution < 1.29 is 4.74 Å². The molecule has 5 heteroatoms. The number of ether oxygens (including phenoxy) is 1. The first kappa shape index (κ1) is 20.4. The zero-order valence-corrected chi connectivity index (χ0v) is 17.6. The van der Waals surface area contributed by atoms with Crippen LogP contribution in [0.15, 0.2) is 43.2 Å². The predicted octanol–water partition coefficient (Wildman–Crippen LogP) is 6.50. The van der Waals surface area contributed by atoms with Crippen molar-refractivity contribution in [2.75, 3.05) is 18.5 Å². The van der Waals surface area contributed by atoms with Gasteiger partial charge in [0, 0.05) is 54.3 Å². The summed E-state index contributed by atoms with van der Waals surface area (Å²) in [6, 6.07) is 7.94. The van der Waals surface area contributed by atoms with Gasteiger partial charge in [-0.3, -0.25) is 0 Å². The van der Waals surface area contributed by atoms with E-state index in [0.29, 0.717) is 0 Å². The molecule has 3 heterocycles. The van der Waals surface area contributed by atoms with Crippen molar-refractivity contribution >= 4 is 39.6 Å². The maximum Gasteiger partial charge on any atom is 0.139 e. The van der Waals surface area contributed by atoms with Crippen molar-refractivity contribution in [3.05, 3.63) is 59.4 Å². The van der Waals surface area contributed by atoms with Crippen molar-refractivity contribution in [1.29, 1.82) is 0 Å². The van der Waals surface area contributed by atoms with E-state index in [1.807, 2.05) is 51.5 Å². The first-order chi connectivity index (χ1) is 13.5. The van der Waals surface area contributed by atoms with E-state index in [0.717, 1.165) is 57.3 Å². The van der Waals surface area contributed by atoms with Gasteiger partial charge in [0.2, 0.25) is 0 Å². The quantitative estimate of drug-likeness (QED) is 0.548. The van der Waals surface area contributed by atoms with Gasteiger partial charge in [-0.15, -0.1) is 0 Å². The van der Waals surface area contributed by atoms with Gasteiger partial charge in [-0.1, -0.05) is 18.2 Å². The Labute approximate surface area is 172 Å². The number of anilines is 2. The molecule has 0 amide bonds. The van der Waals surface area contributed by atoms with E-state index in [2.05, 4.69) is 27.5 Å². The van der Waals surface area contributed by atoms with Crippen LogP contribution in [0.5, 0.6) is 0 Å². The molecule has 0 spiro atoms. The zero-order chi connectivity index (χ0) is 20.1. The summed E-state index contributed by atoms with van der Waals surface area (Å²) in [6.45, 7) is 10.0. The smallest absolute Gasteiger partial charge is 0.139 e. The van der Waals surface area contributed by atoms with Crippen LogP contribution >= 0.6 is 11.6 Å². The number of hydrogen-bond donors (Lipinski definition) is 1. The second-order valence-corrected chi connectivity index (χ2v) is 7.66. The molecule has 3 aromatic rings. The van der Waals surface area contributed by atoms with Crippen molar-refractivity contribution in [3.8, 4) is 0 Å². The fourth-order valence-electron chi connectivity index (χ4n) is 3.27. The summed E-state index contributed by atoms with van der Waals surface area (Å²) < 4.78 is 7.17. The van der Waals surface area contributed by atoms with Gasteiger partial charge in [-0.2, -0.15) is 0 Å². The third kappa shape index (κ3) is 4.75. The van der Waals surface area contributed by atoms with E-state index in [-0.39, 0.29) is 0 Å². The number of aryl methyl sites for hydroxylation is 2. The Balaban J connectivity index is 0.000000320. The summed E-state index contributed by atoms with van der Waals surface area (Å²) in [7, 11) is 2.03. The molecular formula is C23H28ClN3O. The Bertz CT molecular complexity index is 962. The summed E-state index contributed by atoms with van der Waals surface area (Å²) in [5.74, 6) is 0.835. The summed E-state index contributed by atoms with van der Waals surface area (Å²) in [5, 5.41) is 5.23. The van der Waals surface area contributed by atoms with Gasteiger partial charge in [0.05, 0.1) is 5.52 Å². The van der Waals surface area contributed by atoms with Crippen LogP contribution in [0, 0.1) is 6.92 Å². The topological polar surface area (TPSA) is 39.1 Å². The Hall–Kier alpha value is -2.30. The average Bonchev–Trinajstić information content (AvgIpc) is 3.09. The largest absolute Gasteiger partial charge is 0.381 e. The molecule has 1 aromatic carbocycles. The highest BCUT2D eigenvalue weighted by Gasteiger charge is 2.11. The summed E-state index contributed by atoms with van der Waals surface area (Å²) in [5.41, 5.74) is 5.22. The molecule has 4 rings (SSSR count). The van der Waals surface area contributed by atoms with Crippen LogP contribution in [-0.4, -0.2) is 22.8 Å². The van der Waals surface area contributed by atoms with Crippen molar-refractivity contribution in [1.82, 2.24) is 9.55 Å². The van der Waals surface area contributed by atoms with Crippen LogP contribution in [-0.2, 0) is 11.8 Å². The Morgan fingerprint density at radius 1 is 1.21 bits per heavy atom. The fourth-order valence-corrected chi connectivity index (χ4v) is 3.39. The minimum atomic E-state index is 0.765. The molecule has 0 bridgehead atoms. The van der Waals surface area contributed by atoms with Gasteiger partial charge in [0.15, 0.2) is 0 Å². The number of pyridine rings is 1. The first-order valence-electron chi connectivity index (χ1n) is 9.68. The van der Waals surface area contributed by atoms with E-state index < -0.39 is 0 Å². The Morgan fingerprint density at radius 3 is 2.54 bits per heavy atom. The van der Waals surface area contributed by atoms with E-state index in [1.165, 1.54) is 19.3 Å². The number of halogens is 1. The number of rotatable bonds is 3. The molecule has 4 nitrogen and oxygen atoms in total. The minimum absolute atomic E-state index is 0.765. The van der Waals surface area contributed by atoms with Gasteiger partial charge in [-0.05, 0) is 68.5 Å². The number of benzene rings is 1. The normalized spacial score (nSPS) is 13.7. The van der Waals surface area contributed by atoms with Crippen LogP contribution in [0.3, 0.4) is 0 Å². The Kier molecular flexibility index (Phi) is 6.76. The minimum Gasteiger partial charge on any atom is -0.381 e. The third-order valence-corrected chi connectivity index (χ3v) is 5.29. The standard InChI is InChI=1S/C18H18ClN3.C5H10O/c1-11(2)15-10-20-18(14-7-8-22(4)17(14)15)21-13-5-6-16(19)12(3)9-13;1-2-4-6-5-3-1/h5-10H,1H2,2-4H3,(H,20,21);1-5H2. The highest BCUT2D eigenvalue weighted by atomic mass is 35.5. The first-order valence-corrected chi connectivity index (χ1v) is 10.1. The van der Waals surface area contributed by atoms with Crippen molar-refractivity contribution in [2.45, 2.75) is 33.1 Å². The monoisotopic (exact) mass is 397 g/mol. The maximum atomic E-state index is 6.08. The second kappa shape index (κ2) is 9.26. The zero-order valence-electron chi connectivity index (χ0n) is 16.9. The van der Waals surface area contributed by atoms with Gasteiger partial charge in [-0.25, -0.2) is 4.98 Å². The molecule has 148 valence electrons. The molecule has 0 saturated carbocycles. The molecule has 1 saturated heterocycles. The predicted molar refractivity (Wildman–Crippen MR) is 120 cm³/mol. The second-order valence-electron chi connectivity index (χ2n) is 7.25. The number of allylic oxidation sites excluding steroid dienone is 1. The van der Waals surface area contributed by atoms with Crippen LogP contribution in [0.2, 0.25) is 5.02 Å². The van der Waals surface area contributed by atoms with Gasteiger partial charge in [0.1, 0.15) is 5.82 Å². The highest BCUT2D eigenvalue weighted by Crippen LogP contribution is 2.31. The number of aromatic nitrogens is 2. The SMILES string of the molecule is C1CCOCC1.C=C(C)c1cnc(Nc2ccc(Cl)c(C)c2)c2ccn(C)c12. The number of nitrogens with one attached hydrogen (secondary N) is 1. The van der Waals surface area contributed by atoms with Gasteiger partial charge in [0.25, 0.3) is 0 Å². The molecule has 0 atom stereocenters. The molecule has 1 fully saturated rings. The number of fused-ring (bicyclic) bond motifs is 1. The Morgan fingerprint density at radius 2 is 1.96 bits per heavy atom. The molecule has 0 radical (unpaired) electrons. The van der Waals surface area contributed by atoms with Crippen LogP contribution in [0.25, 0.3) is 16.5 Å². The fraction of sp³-hybridized carbons (Fsp3) is 0.348. The average molecular weight is 398 g/mol. The van der Waals surface area contributed by atoms with Gasteiger partial charge < -0.3 is 14.6 Å². The van der Waals surface area contributed by atoms with E-state index >= 15 is 0 Å². The van der Waals surface area contributed by atoms with E-state index in [9.17, 15) is 0 Å². The molecule has 1 aliphatic heterocycles. The molecular weight excluding hydrogens is 370 g/mol. The maximum absolute atomic E-state index is 6.08. The van der Waals surface area contributed by atoms with Crippen molar-refractivity contribution in [3.63, 3.8) is 0 Å². The van der Waals surface area contributed by atoms with E-state index in [1.54, 1.807) is 0 Å². The molecule has 28 heavy (non-hydrogen) atoms. The van der Waals surface area contributed by atoms with Crippen LogP contribution < -0.4 is 5.32 Å². The molecule has 2 aromatic heterocycles. The lowest BCUT2D eigenvalue weighted by molar-refractivity contribution is 0.0968. The number of nitrogens with zero attached hydrogens (tertiary/aromatic N) is 2. The lowest BCUT2D eigenvalue weighted by Crippen LogP contribution is -2.03. The van der Waals surface area contributed by atoms with Crippen LogP contribution in [0.4, 0.5) is 11.5 Å². The molecule has 0 aliphatic carbocycles. The summed E-state index contributed by atoms with van der Waals surface area (Å²) in [6.07, 6.45) is 7.84. The molecule has 1 N–H and O–H groups in total. The number of hydrogen-bond acceptors (Lipinski definition) is 3. The third-order valence-electron chi connectivity index (χ3n) is 4.86. The lowest BCUT2D eigenvalue weighted by Gasteiger charge is -2.11. The van der Waals surface area contributed by atoms with E-state index in [4.69, 9.17) is 16.3 Å². The highest BCUT2D eigenvalue weighted by molar-refractivity contribution is 6.31. The van der Waals surface area contributed by atoms with Crippen molar-refractivity contribution in [2.24, 2.45) is 7.05 Å². The summed E-state index contributed by atoms with van der Waals surface area (Å²) >= 11 is 6.08. The summed E-state index contributed by atoms with van der Waals surface area (Å²) in [4.78, 5) is 4.57. The molecule has 1 aliphatic rings. The van der Waals surface area contributed by atoms with Gasteiger partial charge >= 0.3 is 0 Å². The van der Waals surface area contributed by atoms with Crippen LogP contribution in [0.1, 0.15) is 37.3 Å². The molecule has 0 unspecified atom stereocenters.